The lowest BCUT2D eigenvalue weighted by atomic mass is 10.0. The van der Waals surface area contributed by atoms with Crippen LogP contribution in [0, 0.1) is 18.3 Å². The molecule has 3 aromatic rings. The highest BCUT2D eigenvalue weighted by molar-refractivity contribution is 8.05. The molecule has 1 aliphatic rings. The van der Waals surface area contributed by atoms with Gasteiger partial charge in [-0.25, -0.2) is 0 Å². The number of carbonyl (C=O) groups excluding carboxylic acids is 2. The van der Waals surface area contributed by atoms with E-state index in [1.807, 2.05) is 85.8 Å². The number of anilines is 1. The molecule has 2 amide bonds. The van der Waals surface area contributed by atoms with E-state index in [1.165, 1.54) is 16.7 Å². The van der Waals surface area contributed by atoms with Gasteiger partial charge < -0.3 is 5.32 Å². The summed E-state index contributed by atoms with van der Waals surface area (Å²) in [5.41, 5.74) is 4.88. The Bertz CT molecular complexity index is 1290. The van der Waals surface area contributed by atoms with E-state index in [-0.39, 0.29) is 11.5 Å². The maximum Gasteiger partial charge on any atom is 0.264 e. The van der Waals surface area contributed by atoms with Gasteiger partial charge in [-0.15, -0.1) is 0 Å². The van der Waals surface area contributed by atoms with Crippen molar-refractivity contribution in [2.75, 3.05) is 4.90 Å². The molecule has 4 rings (SSSR count). The highest BCUT2D eigenvalue weighted by Crippen LogP contribution is 2.42. The fourth-order valence-corrected chi connectivity index (χ4v) is 5.30. The Morgan fingerprint density at radius 1 is 1.00 bits per heavy atom. The second-order valence-corrected chi connectivity index (χ2v) is 9.58. The second-order valence-electron chi connectivity index (χ2n) is 8.39. The number of aryl methyl sites for hydroxylation is 2. The molecule has 1 atom stereocenters. The van der Waals surface area contributed by atoms with Crippen LogP contribution in [0.4, 0.5) is 5.69 Å². The molecule has 1 N–H and O–H groups in total. The van der Waals surface area contributed by atoms with Crippen molar-refractivity contribution in [3.63, 3.8) is 0 Å². The van der Waals surface area contributed by atoms with Crippen molar-refractivity contribution in [3.8, 4) is 6.07 Å². The summed E-state index contributed by atoms with van der Waals surface area (Å²) >= 11 is 1.29. The predicted octanol–water partition coefficient (Wildman–Crippen LogP) is 5.30. The van der Waals surface area contributed by atoms with Crippen molar-refractivity contribution in [3.05, 3.63) is 112 Å². The third-order valence-corrected chi connectivity index (χ3v) is 7.33. The van der Waals surface area contributed by atoms with Crippen LogP contribution in [0.3, 0.4) is 0 Å². The molecule has 1 unspecified atom stereocenters. The average molecular weight is 482 g/mol. The Balaban J connectivity index is 1.68. The number of rotatable bonds is 7. The summed E-state index contributed by atoms with van der Waals surface area (Å²) in [4.78, 5) is 28.3. The molecular formula is C29H27N3O2S. The lowest BCUT2D eigenvalue weighted by molar-refractivity contribution is -0.117. The SMILES string of the molecule is CCc1ccc(N2C(=O)C(Cc3ccccc3C)S/C2=C(/C#N)C(=O)NCc2ccccc2)cc1. The summed E-state index contributed by atoms with van der Waals surface area (Å²) in [6.45, 7) is 4.39. The Morgan fingerprint density at radius 3 is 2.34 bits per heavy atom. The first kappa shape index (κ1) is 24.3. The first-order valence-electron chi connectivity index (χ1n) is 11.6. The first-order chi connectivity index (χ1) is 17.0. The molecule has 1 heterocycles. The maximum atomic E-state index is 13.6. The molecule has 0 bridgehead atoms. The lowest BCUT2D eigenvalue weighted by Gasteiger charge is -2.19. The van der Waals surface area contributed by atoms with Gasteiger partial charge in [-0.2, -0.15) is 5.26 Å². The van der Waals surface area contributed by atoms with Gasteiger partial charge in [-0.3, -0.25) is 14.5 Å². The van der Waals surface area contributed by atoms with Gasteiger partial charge >= 0.3 is 0 Å². The molecule has 0 aromatic heterocycles. The summed E-state index contributed by atoms with van der Waals surface area (Å²) < 4.78 is 0. The zero-order chi connectivity index (χ0) is 24.8. The molecule has 0 aliphatic carbocycles. The molecule has 176 valence electrons. The number of thioether (sulfide) groups is 1. The Morgan fingerprint density at radius 2 is 1.69 bits per heavy atom. The Kier molecular flexibility index (Phi) is 7.69. The molecule has 35 heavy (non-hydrogen) atoms. The van der Waals surface area contributed by atoms with Crippen LogP contribution in [0.15, 0.2) is 89.5 Å². The molecule has 3 aromatic carbocycles. The van der Waals surface area contributed by atoms with Gasteiger partial charge in [0.05, 0.1) is 5.25 Å². The zero-order valence-electron chi connectivity index (χ0n) is 19.8. The largest absolute Gasteiger partial charge is 0.347 e. The predicted molar refractivity (Wildman–Crippen MR) is 140 cm³/mol. The number of nitriles is 1. The average Bonchev–Trinajstić information content (AvgIpc) is 3.20. The summed E-state index contributed by atoms with van der Waals surface area (Å²) in [5.74, 6) is -0.612. The Labute approximate surface area is 210 Å². The monoisotopic (exact) mass is 481 g/mol. The van der Waals surface area contributed by atoms with Crippen LogP contribution < -0.4 is 10.2 Å². The topological polar surface area (TPSA) is 73.2 Å². The van der Waals surface area contributed by atoms with Crippen LogP contribution in [-0.2, 0) is 29.0 Å². The molecule has 0 saturated carbocycles. The van der Waals surface area contributed by atoms with Crippen LogP contribution in [-0.4, -0.2) is 17.1 Å². The second kappa shape index (κ2) is 11.1. The minimum atomic E-state index is -0.488. The van der Waals surface area contributed by atoms with E-state index in [0.29, 0.717) is 23.7 Å². The molecular weight excluding hydrogens is 454 g/mol. The van der Waals surface area contributed by atoms with Crippen LogP contribution in [0.25, 0.3) is 0 Å². The molecule has 0 radical (unpaired) electrons. The maximum absolute atomic E-state index is 13.6. The number of amides is 2. The van der Waals surface area contributed by atoms with Gasteiger partial charge in [0.1, 0.15) is 16.7 Å². The summed E-state index contributed by atoms with van der Waals surface area (Å²) in [5, 5.41) is 12.8. The van der Waals surface area contributed by atoms with Crippen molar-refractivity contribution in [2.45, 2.75) is 38.5 Å². The van der Waals surface area contributed by atoms with E-state index in [1.54, 1.807) is 0 Å². The minimum Gasteiger partial charge on any atom is -0.347 e. The smallest absolute Gasteiger partial charge is 0.264 e. The minimum absolute atomic E-state index is 0.0499. The van der Waals surface area contributed by atoms with Gasteiger partial charge in [-0.1, -0.05) is 85.4 Å². The Hall–Kier alpha value is -3.82. The normalized spacial score (nSPS) is 16.7. The molecule has 1 aliphatic heterocycles. The number of benzene rings is 3. The van der Waals surface area contributed by atoms with Gasteiger partial charge in [0.15, 0.2) is 0 Å². The number of nitrogens with zero attached hydrogens (tertiary/aromatic N) is 2. The fourth-order valence-electron chi connectivity index (χ4n) is 4.01. The van der Waals surface area contributed by atoms with E-state index in [2.05, 4.69) is 18.3 Å². The number of carbonyl (C=O) groups is 2. The van der Waals surface area contributed by atoms with E-state index >= 15 is 0 Å². The summed E-state index contributed by atoms with van der Waals surface area (Å²) in [6, 6.07) is 27.3. The molecule has 0 spiro atoms. The van der Waals surface area contributed by atoms with Crippen molar-refractivity contribution < 1.29 is 9.59 Å². The van der Waals surface area contributed by atoms with E-state index in [4.69, 9.17) is 0 Å². The van der Waals surface area contributed by atoms with Crippen molar-refractivity contribution in [1.82, 2.24) is 5.32 Å². The molecule has 1 fully saturated rings. The quantitative estimate of drug-likeness (QED) is 0.367. The number of nitrogens with one attached hydrogen (secondary N) is 1. The highest BCUT2D eigenvalue weighted by Gasteiger charge is 2.40. The van der Waals surface area contributed by atoms with Crippen LogP contribution >= 0.6 is 11.8 Å². The summed E-state index contributed by atoms with van der Waals surface area (Å²) in [7, 11) is 0. The zero-order valence-corrected chi connectivity index (χ0v) is 20.6. The third kappa shape index (κ3) is 5.47. The fraction of sp³-hybridized carbons (Fsp3) is 0.207. The van der Waals surface area contributed by atoms with Crippen LogP contribution in [0.2, 0.25) is 0 Å². The van der Waals surface area contributed by atoms with E-state index < -0.39 is 11.2 Å². The van der Waals surface area contributed by atoms with Crippen LogP contribution in [0.1, 0.15) is 29.2 Å². The third-order valence-electron chi connectivity index (χ3n) is 6.07. The standard InChI is InChI=1S/C29H27N3O2S/c1-3-21-13-15-24(16-14-21)32-28(34)26(17-23-12-8-7-9-20(23)2)35-29(32)25(18-30)27(33)31-19-22-10-5-4-6-11-22/h4-16,26H,3,17,19H2,1-2H3,(H,31,33)/b29-25-. The van der Waals surface area contributed by atoms with Crippen LogP contribution in [0.5, 0.6) is 0 Å². The van der Waals surface area contributed by atoms with Crippen molar-refractivity contribution in [2.24, 2.45) is 0 Å². The lowest BCUT2D eigenvalue weighted by Crippen LogP contribution is -2.32. The van der Waals surface area contributed by atoms with Crippen molar-refractivity contribution in [1.29, 1.82) is 5.26 Å². The van der Waals surface area contributed by atoms with Gasteiger partial charge in [0.25, 0.3) is 5.91 Å². The highest BCUT2D eigenvalue weighted by atomic mass is 32.2. The van der Waals surface area contributed by atoms with E-state index in [0.717, 1.165) is 28.7 Å². The van der Waals surface area contributed by atoms with Gasteiger partial charge in [0, 0.05) is 12.2 Å². The first-order valence-corrected chi connectivity index (χ1v) is 12.5. The van der Waals surface area contributed by atoms with Crippen molar-refractivity contribution >= 4 is 29.3 Å². The number of hydrogen-bond donors (Lipinski definition) is 1. The van der Waals surface area contributed by atoms with E-state index in [9.17, 15) is 14.9 Å². The molecule has 1 saturated heterocycles. The van der Waals surface area contributed by atoms with Gasteiger partial charge in [-0.05, 0) is 54.2 Å². The van der Waals surface area contributed by atoms with Gasteiger partial charge in [0.2, 0.25) is 5.91 Å². The number of hydrogen-bond acceptors (Lipinski definition) is 4. The molecule has 6 heteroatoms. The molecule has 5 nitrogen and oxygen atoms in total. The summed E-state index contributed by atoms with van der Waals surface area (Å²) in [6.07, 6.45) is 1.40.